The summed E-state index contributed by atoms with van der Waals surface area (Å²) in [5.41, 5.74) is -0.542. The number of aromatic nitrogens is 4. The molecular weight excluding hydrogens is 525 g/mol. The molecule has 0 radical (unpaired) electrons. The van der Waals surface area contributed by atoms with E-state index in [0.717, 1.165) is 4.47 Å². The van der Waals surface area contributed by atoms with Crippen LogP contribution in [0.25, 0.3) is 11.0 Å². The normalized spacial score (nSPS) is 31.7. The molecule has 3 aromatic rings. The Hall–Kier alpha value is -2.33. The monoisotopic (exact) mass is 551 g/mol. The van der Waals surface area contributed by atoms with E-state index in [1.165, 1.54) is 12.3 Å². The molecule has 35 heavy (non-hydrogen) atoms. The number of hydrogen-bond acceptors (Lipinski definition) is 5. The van der Waals surface area contributed by atoms with Crippen LogP contribution in [0.5, 0.6) is 0 Å². The van der Waals surface area contributed by atoms with Gasteiger partial charge in [0.2, 0.25) is 5.56 Å². The van der Waals surface area contributed by atoms with Crippen molar-refractivity contribution in [2.24, 2.45) is 12.4 Å². The number of nitrogens with zero attached hydrogens (tertiary/aromatic N) is 4. The molecule has 0 unspecified atom stereocenters. The van der Waals surface area contributed by atoms with E-state index < -0.39 is 35.6 Å². The van der Waals surface area contributed by atoms with Crippen LogP contribution in [0.15, 0.2) is 33.7 Å². The van der Waals surface area contributed by atoms with Crippen molar-refractivity contribution in [3.8, 4) is 0 Å². The Morgan fingerprint density at radius 2 is 2.00 bits per heavy atom. The van der Waals surface area contributed by atoms with Crippen LogP contribution in [0.3, 0.4) is 0 Å². The van der Waals surface area contributed by atoms with E-state index in [1.54, 1.807) is 6.07 Å². The van der Waals surface area contributed by atoms with Gasteiger partial charge < -0.3 is 9.30 Å². The fourth-order valence-corrected chi connectivity index (χ4v) is 6.34. The van der Waals surface area contributed by atoms with Gasteiger partial charge in [-0.3, -0.25) is 4.79 Å². The fourth-order valence-electron chi connectivity index (χ4n) is 6.02. The van der Waals surface area contributed by atoms with Crippen molar-refractivity contribution in [3.63, 3.8) is 0 Å². The summed E-state index contributed by atoms with van der Waals surface area (Å²) in [6.07, 6.45) is -2.33. The number of aryl methyl sites for hydroxylation is 2. The molecule has 3 aromatic heterocycles. The second-order valence-corrected chi connectivity index (χ2v) is 11.1. The van der Waals surface area contributed by atoms with Crippen molar-refractivity contribution < 1.29 is 22.0 Å². The molecule has 0 spiro atoms. The summed E-state index contributed by atoms with van der Waals surface area (Å²) < 4.78 is 71.1. The highest BCUT2D eigenvalue weighted by Crippen LogP contribution is 2.78. The Balaban J connectivity index is 1.37. The van der Waals surface area contributed by atoms with Crippen LogP contribution >= 0.6 is 15.9 Å². The summed E-state index contributed by atoms with van der Waals surface area (Å²) in [7, 11) is 0. The third kappa shape index (κ3) is 3.47. The molecule has 3 aliphatic carbocycles. The summed E-state index contributed by atoms with van der Waals surface area (Å²) in [6, 6.07) is 4.62. The maximum absolute atomic E-state index is 13.6. The average molecular weight is 552 g/mol. The Labute approximate surface area is 212 Å². The number of fused-ring (bicyclic) bond motifs is 1. The van der Waals surface area contributed by atoms with Crippen LogP contribution in [-0.2, 0) is 17.1 Å². The molecule has 1 aliphatic heterocycles. The minimum Gasteiger partial charge on any atom is -0.373 e. The van der Waals surface area contributed by atoms with E-state index in [-0.39, 0.29) is 25.2 Å². The minimum absolute atomic E-state index is 0.0214. The molecule has 3 saturated carbocycles. The van der Waals surface area contributed by atoms with E-state index in [0.29, 0.717) is 57.8 Å². The van der Waals surface area contributed by atoms with Crippen LogP contribution in [0.4, 0.5) is 13.2 Å². The third-order valence-corrected chi connectivity index (χ3v) is 8.72. The molecule has 0 amide bonds. The molecule has 4 fully saturated rings. The maximum Gasteiger partial charge on any atom is 0.394 e. The highest BCUT2D eigenvalue weighted by atomic mass is 79.9. The fraction of sp³-hybridized carbons (Fsp3) is 0.520. The lowest BCUT2D eigenvalue weighted by molar-refractivity contribution is -0.337. The van der Waals surface area contributed by atoms with Gasteiger partial charge in [0.1, 0.15) is 5.82 Å². The number of hydrogen-bond donors (Lipinski definition) is 0. The summed E-state index contributed by atoms with van der Waals surface area (Å²) >= 11 is 3.49. The molecule has 4 aliphatic rings. The molecule has 1 saturated heterocycles. The summed E-state index contributed by atoms with van der Waals surface area (Å²) in [5.74, 6) is 0.324. The van der Waals surface area contributed by atoms with Crippen LogP contribution in [0.1, 0.15) is 71.0 Å². The van der Waals surface area contributed by atoms with Crippen molar-refractivity contribution in [2.75, 3.05) is 6.61 Å². The van der Waals surface area contributed by atoms with E-state index in [4.69, 9.17) is 18.8 Å². The molecule has 7 rings (SSSR count). The van der Waals surface area contributed by atoms with Crippen LogP contribution in [-0.4, -0.2) is 32.3 Å². The lowest BCUT2D eigenvalue weighted by atomic mass is 9.33. The van der Waals surface area contributed by atoms with E-state index in [9.17, 15) is 18.0 Å². The van der Waals surface area contributed by atoms with Gasteiger partial charge in [-0.2, -0.15) is 13.2 Å². The van der Waals surface area contributed by atoms with Gasteiger partial charge in [0.05, 0.1) is 22.9 Å². The van der Waals surface area contributed by atoms with Gasteiger partial charge in [-0.1, -0.05) is 0 Å². The molecule has 4 heterocycles. The highest BCUT2D eigenvalue weighted by molar-refractivity contribution is 9.10. The zero-order chi connectivity index (χ0) is 27.3. The quantitative estimate of drug-likeness (QED) is 0.435. The largest absolute Gasteiger partial charge is 0.394 e. The molecule has 6 nitrogen and oxygen atoms in total. The molecule has 0 N–H and O–H groups in total. The van der Waals surface area contributed by atoms with Crippen LogP contribution < -0.4 is 5.56 Å². The van der Waals surface area contributed by atoms with Crippen molar-refractivity contribution in [2.45, 2.75) is 62.6 Å². The first-order chi connectivity index (χ1) is 17.7. The van der Waals surface area contributed by atoms with Gasteiger partial charge >= 0.3 is 6.18 Å². The number of ether oxygens (including phenoxy) is 1. The maximum atomic E-state index is 13.6. The standard InChI is InChI=1S/C25H24BrF3N4O2/c1-13-17(26)8-16-20(23-10-24(11-23,12-23)25(27,28)29)31-21(32-22(16)30-13)14-5-6-35-18(7-14)15-3-4-19(34)33(2)9-15/h3-4,8-9,14,18H,5-7,10-12H2,1-2H3/t14-,18+,23?,24?/m0/s1/i2D3. The summed E-state index contributed by atoms with van der Waals surface area (Å²) in [4.78, 5) is 26.3. The number of rotatable bonds is 3. The summed E-state index contributed by atoms with van der Waals surface area (Å²) in [6.45, 7) is -0.436. The first-order valence-corrected chi connectivity index (χ1v) is 12.3. The van der Waals surface area contributed by atoms with E-state index in [2.05, 4.69) is 20.9 Å². The van der Waals surface area contributed by atoms with Gasteiger partial charge in [0.25, 0.3) is 0 Å². The molecule has 184 valence electrons. The third-order valence-electron chi connectivity index (χ3n) is 7.92. The Morgan fingerprint density at radius 3 is 2.71 bits per heavy atom. The minimum atomic E-state index is -4.23. The molecule has 2 atom stereocenters. The second-order valence-electron chi connectivity index (χ2n) is 10.2. The molecule has 2 bridgehead atoms. The van der Waals surface area contributed by atoms with Crippen molar-refractivity contribution >= 4 is 27.0 Å². The SMILES string of the molecule is [2H]C([2H])([2H])n1cc([C@H]2C[C@@H](c3nc(C45CC(C(F)(F)F)(C4)C5)c4cc(Br)c(C)nc4n3)CCO2)ccc1=O. The number of pyridine rings is 2. The van der Waals surface area contributed by atoms with Gasteiger partial charge in [-0.15, -0.1) is 0 Å². The lowest BCUT2D eigenvalue weighted by Gasteiger charge is -2.70. The first kappa shape index (κ1) is 19.8. The van der Waals surface area contributed by atoms with Crippen molar-refractivity contribution in [1.29, 1.82) is 0 Å². The zero-order valence-corrected chi connectivity index (χ0v) is 20.4. The predicted octanol–water partition coefficient (Wildman–Crippen LogP) is 5.41. The van der Waals surface area contributed by atoms with E-state index in [1.807, 2.05) is 13.0 Å². The highest BCUT2D eigenvalue weighted by Gasteiger charge is 2.79. The van der Waals surface area contributed by atoms with E-state index >= 15 is 0 Å². The zero-order valence-electron chi connectivity index (χ0n) is 21.8. The Morgan fingerprint density at radius 1 is 1.23 bits per heavy atom. The molecular formula is C25H24BrF3N4O2. The lowest BCUT2D eigenvalue weighted by Crippen LogP contribution is -2.70. The van der Waals surface area contributed by atoms with Gasteiger partial charge in [0.15, 0.2) is 5.65 Å². The van der Waals surface area contributed by atoms with Crippen molar-refractivity contribution in [1.82, 2.24) is 19.5 Å². The first-order valence-electron chi connectivity index (χ1n) is 13.0. The smallest absolute Gasteiger partial charge is 0.373 e. The van der Waals surface area contributed by atoms with Crippen LogP contribution in [0, 0.1) is 12.3 Å². The Bertz CT molecular complexity index is 1500. The number of alkyl halides is 3. The van der Waals surface area contributed by atoms with Crippen LogP contribution in [0.2, 0.25) is 0 Å². The topological polar surface area (TPSA) is 69.9 Å². The molecule has 0 aromatic carbocycles. The summed E-state index contributed by atoms with van der Waals surface area (Å²) in [5, 5.41) is 0.662. The number of halogens is 4. The Kier molecular flexibility index (Phi) is 4.29. The molecule has 10 heteroatoms. The van der Waals surface area contributed by atoms with Gasteiger partial charge in [-0.05, 0) is 72.7 Å². The average Bonchev–Trinajstić information content (AvgIpc) is 2.77. The van der Waals surface area contributed by atoms with Crippen molar-refractivity contribution in [3.05, 3.63) is 62.0 Å². The van der Waals surface area contributed by atoms with Gasteiger partial charge in [0, 0.05) is 51.2 Å². The van der Waals surface area contributed by atoms with Gasteiger partial charge in [-0.25, -0.2) is 15.0 Å². The predicted molar refractivity (Wildman–Crippen MR) is 126 cm³/mol. The second kappa shape index (κ2) is 7.59.